The first kappa shape index (κ1) is 99.4. The second-order valence-corrected chi connectivity index (χ2v) is 23.2. The van der Waals surface area contributed by atoms with Crippen molar-refractivity contribution in [1.82, 2.24) is 69.6 Å². The summed E-state index contributed by atoms with van der Waals surface area (Å²) in [6.45, 7) is 0. The van der Waals surface area contributed by atoms with Crippen LogP contribution in [0.5, 0.6) is 0 Å². The molecule has 0 saturated carbocycles. The van der Waals surface area contributed by atoms with E-state index in [9.17, 15) is 61.5 Å². The van der Waals surface area contributed by atoms with E-state index in [1.165, 1.54) is 9.80 Å². The van der Waals surface area contributed by atoms with Crippen LogP contribution in [0.4, 0.5) is 0 Å². The van der Waals surface area contributed by atoms with E-state index >= 15 is 0 Å². The maximum atomic E-state index is 9.43. The van der Waals surface area contributed by atoms with Gasteiger partial charge in [0, 0.05) is 77.8 Å². The predicted molar refractivity (Wildman–Crippen MR) is 380 cm³/mol. The molecule has 8 N–H and O–H groups in total. The van der Waals surface area contributed by atoms with Crippen molar-refractivity contribution in [1.29, 1.82) is 0 Å². The predicted octanol–water partition coefficient (Wildman–Crippen LogP) is 4.64. The minimum Gasteiger partial charge on any atom is -0.724 e. The van der Waals surface area contributed by atoms with Gasteiger partial charge < -0.3 is 49.9 Å². The zero-order chi connectivity index (χ0) is 74.2. The molecule has 0 unspecified atom stereocenters. The van der Waals surface area contributed by atoms with Gasteiger partial charge in [0.15, 0.2) is 0 Å². The van der Waals surface area contributed by atoms with E-state index in [0.717, 1.165) is 104 Å². The number of carbonyl (C=O) groups is 2. The second kappa shape index (κ2) is 52.3. The molecular weight excluding hydrogens is 1600 g/mol. The van der Waals surface area contributed by atoms with Crippen LogP contribution < -0.4 is 0 Å². The van der Waals surface area contributed by atoms with Gasteiger partial charge >= 0.3 is 39.0 Å². The van der Waals surface area contributed by atoms with E-state index in [0.29, 0.717) is 0 Å². The van der Waals surface area contributed by atoms with Crippen LogP contribution in [0.15, 0.2) is 268 Å². The van der Waals surface area contributed by atoms with Gasteiger partial charge in [0.1, 0.15) is 0 Å². The van der Waals surface area contributed by atoms with Crippen LogP contribution in [0.2, 0.25) is 0 Å². The molecule has 0 aromatic carbocycles. The molecule has 36 nitrogen and oxygen atoms in total. The number of aromatic nitrogens is 12. The number of nitrogens with zero attached hydrogens (tertiary/aromatic N) is 14. The van der Waals surface area contributed by atoms with Gasteiger partial charge in [-0.2, -0.15) is 0 Å². The molecule has 560 valence electrons. The van der Waals surface area contributed by atoms with Crippen molar-refractivity contribution in [2.24, 2.45) is 0 Å². The third kappa shape index (κ3) is 41.3. The van der Waals surface area contributed by atoms with Crippen LogP contribution in [-0.4, -0.2) is 184 Å². The van der Waals surface area contributed by atoms with E-state index < -0.39 is 41.6 Å². The van der Waals surface area contributed by atoms with Gasteiger partial charge in [-0.15, -0.1) is 17.3 Å². The summed E-state index contributed by atoms with van der Waals surface area (Å²) in [5.41, 5.74) is 13.8. The Kier molecular flexibility index (Phi) is 48.1. The topological polar surface area (TPSA) is 587 Å². The van der Waals surface area contributed by atoms with Gasteiger partial charge in [0.05, 0.1) is 91.1 Å². The molecule has 0 aliphatic heterocycles. The quantitative estimate of drug-likeness (QED) is 0.0317. The maximum absolute atomic E-state index is 9.43. The van der Waals surface area contributed by atoms with Crippen LogP contribution >= 0.6 is 0 Å². The van der Waals surface area contributed by atoms with Crippen LogP contribution in [0.1, 0.15) is 0 Å². The minimum atomic E-state index is -5.31. The van der Waals surface area contributed by atoms with Crippen molar-refractivity contribution in [2.45, 2.75) is 0 Å². The van der Waals surface area contributed by atoms with E-state index in [4.69, 9.17) is 0 Å². The van der Waals surface area contributed by atoms with Gasteiger partial charge in [0.25, 0.3) is 0 Å². The third-order valence-corrected chi connectivity index (χ3v) is 12.3. The van der Waals surface area contributed by atoms with Gasteiger partial charge in [-0.05, 0) is 146 Å². The normalized spacial score (nSPS) is 9.93. The molecule has 0 aliphatic carbocycles. The number of pyridine rings is 12. The van der Waals surface area contributed by atoms with Gasteiger partial charge in [-0.3, -0.25) is 49.5 Å². The fourth-order valence-corrected chi connectivity index (χ4v) is 8.22. The SMILES string of the molecule is CN(C)C=O.CN(C)C=O.O.O.O.O.O=S(=O)([O-])OOS(=O)(=O)[O-].O=S(=O)([O-])OOS(=O)(=O)[O-].[Zn+2].[Zn+2].c1ccc(-c2cccc(-c3ccccn3)n2)nc1.c1ccc(-c2cccc(-c3ccccn3)n2)nc1.c1ccc(-c2cccc(-c3ccccn3)n2)nc1.c1ccc(-c2cccc(-c3ccccn3)n2)nc1. The Balaban J connectivity index is 0. The van der Waals surface area contributed by atoms with Gasteiger partial charge in [-0.1, -0.05) is 72.8 Å². The number of hydrogen-bond acceptors (Lipinski definition) is 30. The van der Waals surface area contributed by atoms with Crippen molar-refractivity contribution in [3.05, 3.63) is 268 Å². The molecular formula is C66H66N14O22S4Zn2. The number of amides is 2. The monoisotopic (exact) mass is 1660 g/mol. The first-order valence-corrected chi connectivity index (χ1v) is 34.0. The van der Waals surface area contributed by atoms with Crippen LogP contribution in [0, 0.1) is 0 Å². The summed E-state index contributed by atoms with van der Waals surface area (Å²) < 4.78 is 123. The largest absolute Gasteiger partial charge is 2.00 e. The number of rotatable bonds is 16. The number of hydrogen-bond donors (Lipinski definition) is 0. The Labute approximate surface area is 646 Å². The summed E-state index contributed by atoms with van der Waals surface area (Å²) in [5, 5.41) is 0. The molecule has 0 bridgehead atoms. The average Bonchev–Trinajstić information content (AvgIpc) is 0.857. The van der Waals surface area contributed by atoms with E-state index in [1.807, 2.05) is 218 Å². The molecule has 0 saturated heterocycles. The molecule has 12 rings (SSSR count). The molecule has 0 atom stereocenters. The van der Waals surface area contributed by atoms with Crippen LogP contribution in [0.3, 0.4) is 0 Å². The van der Waals surface area contributed by atoms with Crippen LogP contribution in [-0.2, 0) is 107 Å². The Bertz CT molecular complexity index is 4120. The molecule has 42 heteroatoms. The van der Waals surface area contributed by atoms with Crippen molar-refractivity contribution < 1.29 is 140 Å². The van der Waals surface area contributed by atoms with Gasteiger partial charge in [-0.25, -0.2) is 53.6 Å². The molecule has 108 heavy (non-hydrogen) atoms. The third-order valence-electron chi connectivity index (χ3n) is 11.2. The standard InChI is InChI=1S/4C15H11N3.2C3H7NO.2H2O8S2.4H2O.2Zn/c4*1-3-10-16-12(6-1)14-8-5-9-15(18-14)13-7-2-4-11-17-13;2*1-4(2)3-5;2*1-9(2,3)7-8-10(4,5)6;;;;;;/h4*1-11H;2*3H,1-2H3;2*(H,1,2,3)(H,4,5,6);4*1H2;;/q;;;;;;;;;;;;2*+2/p-4. The second-order valence-electron chi connectivity index (χ2n) is 19.4. The summed E-state index contributed by atoms with van der Waals surface area (Å²) in [6, 6.07) is 69.9. The van der Waals surface area contributed by atoms with Crippen molar-refractivity contribution in [3.8, 4) is 91.1 Å². The van der Waals surface area contributed by atoms with Crippen molar-refractivity contribution >= 4 is 54.4 Å². The Morgan fingerprint density at radius 2 is 0.352 bits per heavy atom. The minimum absolute atomic E-state index is 0. The first-order chi connectivity index (χ1) is 48.7. The summed E-state index contributed by atoms with van der Waals surface area (Å²) in [7, 11) is -14.5. The summed E-state index contributed by atoms with van der Waals surface area (Å²) in [5.74, 6) is 0. The smallest absolute Gasteiger partial charge is 0.724 e. The fraction of sp³-hybridized carbons (Fsp3) is 0.0606. The molecule has 12 aromatic rings. The zero-order valence-corrected chi connectivity index (χ0v) is 66.4. The van der Waals surface area contributed by atoms with E-state index in [-0.39, 0.29) is 60.9 Å². The Hall–Kier alpha value is -10.7. The molecule has 12 aromatic heterocycles. The summed E-state index contributed by atoms with van der Waals surface area (Å²) in [6.07, 6.45) is 15.6. The number of carbonyl (C=O) groups excluding carboxylic acids is 2. The molecule has 12 heterocycles. The van der Waals surface area contributed by atoms with Crippen molar-refractivity contribution in [2.75, 3.05) is 28.2 Å². The molecule has 0 spiro atoms. The summed E-state index contributed by atoms with van der Waals surface area (Å²) in [4.78, 5) is 74.5. The molecule has 0 radical (unpaired) electrons. The summed E-state index contributed by atoms with van der Waals surface area (Å²) >= 11 is 0. The maximum Gasteiger partial charge on any atom is 2.00 e. The van der Waals surface area contributed by atoms with Crippen LogP contribution in [0.25, 0.3) is 91.1 Å². The van der Waals surface area contributed by atoms with Gasteiger partial charge in [0.2, 0.25) is 54.4 Å². The first-order valence-electron chi connectivity index (χ1n) is 28.7. The van der Waals surface area contributed by atoms with E-state index in [1.54, 1.807) is 77.8 Å². The van der Waals surface area contributed by atoms with Crippen molar-refractivity contribution in [3.63, 3.8) is 0 Å². The van der Waals surface area contributed by atoms with E-state index in [2.05, 4.69) is 77.1 Å². The zero-order valence-electron chi connectivity index (χ0n) is 57.2. The molecule has 2 amide bonds. The molecule has 0 fully saturated rings. The average molecular weight is 1670 g/mol. The Morgan fingerprint density at radius 1 is 0.241 bits per heavy atom. The Morgan fingerprint density at radius 3 is 0.435 bits per heavy atom. The molecule has 0 aliphatic rings. The fourth-order valence-electron chi connectivity index (χ4n) is 7.13.